The van der Waals surface area contributed by atoms with Crippen LogP contribution in [0.5, 0.6) is 0 Å². The van der Waals surface area contributed by atoms with E-state index in [1.807, 2.05) is 23.1 Å². The first-order valence-corrected chi connectivity index (χ1v) is 8.10. The van der Waals surface area contributed by atoms with Gasteiger partial charge in [-0.3, -0.25) is 4.99 Å². The standard InChI is InChI=1S/C13H20N2S2/c1-3-6-10-9-14-13(17-10)15-11(4-2)12-7-5-8-16-12/h5,7-8,10-11H,3-4,6,9H2,1-2H3,(H,14,15). The van der Waals surface area contributed by atoms with E-state index in [0.717, 1.165) is 18.1 Å². The molecule has 2 nitrogen and oxygen atoms in total. The number of thioether (sulfide) groups is 1. The van der Waals surface area contributed by atoms with E-state index in [0.29, 0.717) is 11.3 Å². The van der Waals surface area contributed by atoms with Crippen molar-refractivity contribution in [2.45, 2.75) is 44.4 Å². The maximum Gasteiger partial charge on any atom is 0.157 e. The van der Waals surface area contributed by atoms with Gasteiger partial charge in [-0.2, -0.15) is 0 Å². The predicted molar refractivity (Wildman–Crippen MR) is 79.1 cm³/mol. The van der Waals surface area contributed by atoms with E-state index >= 15 is 0 Å². The Balaban J connectivity index is 1.88. The number of thiophene rings is 1. The monoisotopic (exact) mass is 268 g/mol. The van der Waals surface area contributed by atoms with Crippen LogP contribution in [0.25, 0.3) is 0 Å². The van der Waals surface area contributed by atoms with Crippen LogP contribution in [0.3, 0.4) is 0 Å². The quantitative estimate of drug-likeness (QED) is 0.871. The first kappa shape index (κ1) is 13.0. The lowest BCUT2D eigenvalue weighted by molar-refractivity contribution is 0.641. The summed E-state index contributed by atoms with van der Waals surface area (Å²) in [7, 11) is 0. The van der Waals surface area contributed by atoms with Gasteiger partial charge in [-0.25, -0.2) is 0 Å². The molecule has 1 aliphatic heterocycles. The normalized spacial score (nSPS) is 21.3. The minimum Gasteiger partial charge on any atom is -0.357 e. The van der Waals surface area contributed by atoms with E-state index in [2.05, 4.69) is 41.7 Å². The van der Waals surface area contributed by atoms with Crippen LogP contribution in [0.15, 0.2) is 22.5 Å². The van der Waals surface area contributed by atoms with Gasteiger partial charge in [0.2, 0.25) is 0 Å². The zero-order chi connectivity index (χ0) is 12.1. The fourth-order valence-corrected chi connectivity index (χ4v) is 4.02. The van der Waals surface area contributed by atoms with E-state index in [4.69, 9.17) is 0 Å². The molecular weight excluding hydrogens is 248 g/mol. The van der Waals surface area contributed by atoms with Crippen LogP contribution >= 0.6 is 23.1 Å². The average molecular weight is 268 g/mol. The summed E-state index contributed by atoms with van der Waals surface area (Å²) in [5, 5.41) is 7.56. The molecule has 0 amide bonds. The van der Waals surface area contributed by atoms with E-state index in [1.54, 1.807) is 0 Å². The van der Waals surface area contributed by atoms with E-state index in [9.17, 15) is 0 Å². The summed E-state index contributed by atoms with van der Waals surface area (Å²) in [6.45, 7) is 5.45. The van der Waals surface area contributed by atoms with Crippen LogP contribution < -0.4 is 5.32 Å². The molecule has 94 valence electrons. The van der Waals surface area contributed by atoms with Crippen molar-refractivity contribution in [3.05, 3.63) is 22.4 Å². The maximum absolute atomic E-state index is 4.61. The van der Waals surface area contributed by atoms with Gasteiger partial charge in [0.1, 0.15) is 0 Å². The summed E-state index contributed by atoms with van der Waals surface area (Å²) >= 11 is 3.74. The van der Waals surface area contributed by atoms with Crippen molar-refractivity contribution in [1.82, 2.24) is 5.32 Å². The minimum atomic E-state index is 0.432. The van der Waals surface area contributed by atoms with Gasteiger partial charge in [0.25, 0.3) is 0 Å². The van der Waals surface area contributed by atoms with Gasteiger partial charge in [0.15, 0.2) is 5.17 Å². The van der Waals surface area contributed by atoms with Crippen LogP contribution in [0.4, 0.5) is 0 Å². The number of amidine groups is 1. The molecule has 17 heavy (non-hydrogen) atoms. The molecule has 2 unspecified atom stereocenters. The Hall–Kier alpha value is -0.480. The van der Waals surface area contributed by atoms with Crippen molar-refractivity contribution in [1.29, 1.82) is 0 Å². The second-order valence-electron chi connectivity index (χ2n) is 4.29. The highest BCUT2D eigenvalue weighted by atomic mass is 32.2. The maximum atomic E-state index is 4.61. The van der Waals surface area contributed by atoms with Crippen molar-refractivity contribution in [3.8, 4) is 0 Å². The molecule has 1 aromatic rings. The zero-order valence-electron chi connectivity index (χ0n) is 10.5. The number of aliphatic imine (C=N–C) groups is 1. The highest BCUT2D eigenvalue weighted by molar-refractivity contribution is 8.14. The molecular formula is C13H20N2S2. The Morgan fingerprint density at radius 3 is 3.06 bits per heavy atom. The lowest BCUT2D eigenvalue weighted by atomic mass is 10.2. The number of nitrogens with one attached hydrogen (secondary N) is 1. The number of nitrogens with zero attached hydrogens (tertiary/aromatic N) is 1. The molecule has 2 heterocycles. The van der Waals surface area contributed by atoms with Crippen molar-refractivity contribution in [3.63, 3.8) is 0 Å². The Morgan fingerprint density at radius 2 is 2.41 bits per heavy atom. The van der Waals surface area contributed by atoms with Gasteiger partial charge in [0.05, 0.1) is 12.6 Å². The second-order valence-corrected chi connectivity index (χ2v) is 6.56. The molecule has 0 aliphatic carbocycles. The Morgan fingerprint density at radius 1 is 1.53 bits per heavy atom. The predicted octanol–water partition coefficient (Wildman–Crippen LogP) is 4.06. The smallest absolute Gasteiger partial charge is 0.157 e. The third-order valence-corrected chi connectivity index (χ3v) is 5.09. The van der Waals surface area contributed by atoms with E-state index in [-0.39, 0.29) is 0 Å². The minimum absolute atomic E-state index is 0.432. The molecule has 0 fully saturated rings. The van der Waals surface area contributed by atoms with E-state index < -0.39 is 0 Å². The van der Waals surface area contributed by atoms with Crippen LogP contribution in [-0.2, 0) is 0 Å². The molecule has 2 rings (SSSR count). The number of rotatable bonds is 5. The van der Waals surface area contributed by atoms with Gasteiger partial charge >= 0.3 is 0 Å². The summed E-state index contributed by atoms with van der Waals surface area (Å²) in [4.78, 5) is 6.02. The van der Waals surface area contributed by atoms with Gasteiger partial charge in [-0.15, -0.1) is 11.3 Å². The van der Waals surface area contributed by atoms with Gasteiger partial charge < -0.3 is 5.32 Å². The van der Waals surface area contributed by atoms with Crippen molar-refractivity contribution in [2.24, 2.45) is 4.99 Å². The first-order valence-electron chi connectivity index (χ1n) is 6.34. The Labute approximate surface area is 112 Å². The molecule has 0 spiro atoms. The summed E-state index contributed by atoms with van der Waals surface area (Å²) in [5.41, 5.74) is 0. The average Bonchev–Trinajstić information content (AvgIpc) is 2.97. The molecule has 2 atom stereocenters. The molecule has 0 aromatic carbocycles. The third kappa shape index (κ3) is 3.49. The van der Waals surface area contributed by atoms with Gasteiger partial charge in [-0.05, 0) is 24.3 Å². The molecule has 1 aromatic heterocycles. The fourth-order valence-electron chi connectivity index (χ4n) is 1.98. The number of hydrogen-bond acceptors (Lipinski definition) is 4. The zero-order valence-corrected chi connectivity index (χ0v) is 12.1. The fraction of sp³-hybridized carbons (Fsp3) is 0.615. The molecule has 0 bridgehead atoms. The van der Waals surface area contributed by atoms with Crippen molar-refractivity contribution < 1.29 is 0 Å². The Kier molecular flexibility index (Phi) is 4.92. The third-order valence-electron chi connectivity index (χ3n) is 2.92. The molecule has 1 aliphatic rings. The summed E-state index contributed by atoms with van der Waals surface area (Å²) in [6.07, 6.45) is 3.64. The van der Waals surface area contributed by atoms with Crippen molar-refractivity contribution >= 4 is 28.3 Å². The van der Waals surface area contributed by atoms with Crippen LogP contribution in [-0.4, -0.2) is 17.0 Å². The topological polar surface area (TPSA) is 24.4 Å². The number of hydrogen-bond donors (Lipinski definition) is 1. The largest absolute Gasteiger partial charge is 0.357 e. The van der Waals surface area contributed by atoms with E-state index in [1.165, 1.54) is 17.7 Å². The first-order chi connectivity index (χ1) is 8.33. The van der Waals surface area contributed by atoms with Crippen molar-refractivity contribution in [2.75, 3.05) is 6.54 Å². The molecule has 0 radical (unpaired) electrons. The van der Waals surface area contributed by atoms with Crippen LogP contribution in [0.1, 0.15) is 44.0 Å². The molecule has 4 heteroatoms. The lowest BCUT2D eigenvalue weighted by Gasteiger charge is -2.16. The Bertz CT molecular complexity index is 360. The van der Waals surface area contributed by atoms with Crippen LogP contribution in [0, 0.1) is 0 Å². The van der Waals surface area contributed by atoms with Crippen LogP contribution in [0.2, 0.25) is 0 Å². The summed E-state index contributed by atoms with van der Waals surface area (Å²) in [5.74, 6) is 0. The molecule has 0 saturated heterocycles. The van der Waals surface area contributed by atoms with Gasteiger partial charge in [0, 0.05) is 10.1 Å². The SMILES string of the molecule is CCCC1CN=C(NC(CC)c2cccs2)S1. The molecule has 0 saturated carbocycles. The second kappa shape index (κ2) is 6.45. The van der Waals surface area contributed by atoms with Gasteiger partial charge in [-0.1, -0.05) is 38.1 Å². The summed E-state index contributed by atoms with van der Waals surface area (Å²) < 4.78 is 0. The lowest BCUT2D eigenvalue weighted by Crippen LogP contribution is -2.24. The highest BCUT2D eigenvalue weighted by Gasteiger charge is 2.21. The summed E-state index contributed by atoms with van der Waals surface area (Å²) in [6, 6.07) is 4.75. The highest BCUT2D eigenvalue weighted by Crippen LogP contribution is 2.27. The molecule has 1 N–H and O–H groups in total.